The molecule has 8 nitrogen and oxygen atoms in total. The van der Waals surface area contributed by atoms with Gasteiger partial charge in [-0.05, 0) is 26.0 Å². The average molecular weight is 312 g/mol. The van der Waals surface area contributed by atoms with Crippen LogP contribution in [0.1, 0.15) is 25.1 Å². The fourth-order valence-corrected chi connectivity index (χ4v) is 2.60. The Hall–Kier alpha value is -3.34. The number of nitriles is 1. The van der Waals surface area contributed by atoms with Gasteiger partial charge in [0.15, 0.2) is 0 Å². The predicted molar refractivity (Wildman–Crippen MR) is 80.7 cm³/mol. The number of nitro groups is 1. The van der Waals surface area contributed by atoms with E-state index in [1.807, 2.05) is 6.07 Å². The van der Waals surface area contributed by atoms with Crippen molar-refractivity contribution in [2.45, 2.75) is 19.4 Å². The van der Waals surface area contributed by atoms with Gasteiger partial charge in [0.2, 0.25) is 0 Å². The molecule has 0 radical (unpaired) electrons. The van der Waals surface area contributed by atoms with E-state index >= 15 is 0 Å². The Bertz CT molecular complexity index is 876. The highest BCUT2D eigenvalue weighted by Crippen LogP contribution is 2.39. The topological polar surface area (TPSA) is 121 Å². The summed E-state index contributed by atoms with van der Waals surface area (Å²) in [6, 6.07) is 8.05. The van der Waals surface area contributed by atoms with Crippen molar-refractivity contribution in [2.24, 2.45) is 0 Å². The van der Waals surface area contributed by atoms with Crippen molar-refractivity contribution in [1.82, 2.24) is 4.98 Å². The van der Waals surface area contributed by atoms with Gasteiger partial charge in [-0.2, -0.15) is 5.26 Å². The summed E-state index contributed by atoms with van der Waals surface area (Å²) in [5.74, 6) is 0. The smallest absolute Gasteiger partial charge is 0.412 e. The molecule has 1 aliphatic rings. The predicted octanol–water partition coefficient (Wildman–Crippen LogP) is 3.26. The lowest BCUT2D eigenvalue weighted by Crippen LogP contribution is -2.34. The molecule has 1 amide bonds. The van der Waals surface area contributed by atoms with Gasteiger partial charge in [0.25, 0.3) is 5.69 Å². The van der Waals surface area contributed by atoms with E-state index < -0.39 is 16.6 Å². The molecule has 116 valence electrons. The molecule has 1 aliphatic heterocycles. The fraction of sp³-hybridized carbons (Fsp3) is 0.200. The molecule has 0 unspecified atom stereocenters. The van der Waals surface area contributed by atoms with Gasteiger partial charge < -0.3 is 9.72 Å². The number of rotatable bonds is 2. The van der Waals surface area contributed by atoms with Gasteiger partial charge in [-0.25, -0.2) is 4.79 Å². The molecule has 0 fully saturated rings. The number of hydrogen-bond acceptors (Lipinski definition) is 5. The Morgan fingerprint density at radius 1 is 1.35 bits per heavy atom. The number of nitrogens with one attached hydrogen (secondary N) is 2. The van der Waals surface area contributed by atoms with Crippen LogP contribution in [0.2, 0.25) is 0 Å². The van der Waals surface area contributed by atoms with Crippen LogP contribution in [0.25, 0.3) is 11.3 Å². The first-order valence-electron chi connectivity index (χ1n) is 6.74. The largest absolute Gasteiger partial charge is 0.438 e. The zero-order chi connectivity index (χ0) is 16.8. The molecule has 0 spiro atoms. The SMILES string of the molecule is CC1(C)OC(=O)Nc2ccc(-c3[nH]c(C#N)cc3[N+](=O)[O-])cc21. The Morgan fingerprint density at radius 3 is 2.74 bits per heavy atom. The van der Waals surface area contributed by atoms with Crippen molar-refractivity contribution in [3.8, 4) is 17.3 Å². The van der Waals surface area contributed by atoms with Crippen molar-refractivity contribution in [3.63, 3.8) is 0 Å². The number of carbonyl (C=O) groups excluding carboxylic acids is 1. The summed E-state index contributed by atoms with van der Waals surface area (Å²) in [5, 5.41) is 22.7. The van der Waals surface area contributed by atoms with Gasteiger partial charge in [-0.1, -0.05) is 6.07 Å². The van der Waals surface area contributed by atoms with Gasteiger partial charge in [0, 0.05) is 11.1 Å². The van der Waals surface area contributed by atoms with Gasteiger partial charge in [-0.15, -0.1) is 0 Å². The number of fused-ring (bicyclic) bond motifs is 1. The molecule has 1 aromatic heterocycles. The molecular formula is C15H12N4O4. The number of aromatic nitrogens is 1. The van der Waals surface area contributed by atoms with Gasteiger partial charge in [0.05, 0.1) is 16.7 Å². The first kappa shape index (κ1) is 14.6. The third kappa shape index (κ3) is 2.38. The number of nitrogens with zero attached hydrogens (tertiary/aromatic N) is 2. The monoisotopic (exact) mass is 312 g/mol. The van der Waals surface area contributed by atoms with Crippen LogP contribution >= 0.6 is 0 Å². The number of ether oxygens (including phenoxy) is 1. The number of benzene rings is 1. The first-order valence-corrected chi connectivity index (χ1v) is 6.74. The van der Waals surface area contributed by atoms with Crippen molar-refractivity contribution >= 4 is 17.5 Å². The molecular weight excluding hydrogens is 300 g/mol. The summed E-state index contributed by atoms with van der Waals surface area (Å²) in [5.41, 5.74) is 1.11. The fourth-order valence-electron chi connectivity index (χ4n) is 2.60. The molecule has 0 saturated heterocycles. The number of anilines is 1. The molecule has 0 saturated carbocycles. The molecule has 0 bridgehead atoms. The highest BCUT2D eigenvalue weighted by Gasteiger charge is 2.34. The Labute approximate surface area is 130 Å². The zero-order valence-corrected chi connectivity index (χ0v) is 12.3. The summed E-state index contributed by atoms with van der Waals surface area (Å²) in [6.07, 6.45) is -0.548. The highest BCUT2D eigenvalue weighted by molar-refractivity contribution is 5.90. The number of aromatic amines is 1. The van der Waals surface area contributed by atoms with E-state index in [0.29, 0.717) is 16.8 Å². The summed E-state index contributed by atoms with van der Waals surface area (Å²) >= 11 is 0. The number of cyclic esters (lactones) is 1. The quantitative estimate of drug-likeness (QED) is 0.651. The average Bonchev–Trinajstić information content (AvgIpc) is 2.90. The molecule has 3 rings (SSSR count). The summed E-state index contributed by atoms with van der Waals surface area (Å²) in [6.45, 7) is 3.47. The third-order valence-electron chi connectivity index (χ3n) is 3.66. The second-order valence-corrected chi connectivity index (χ2v) is 5.60. The minimum atomic E-state index is -0.868. The van der Waals surface area contributed by atoms with Crippen molar-refractivity contribution < 1.29 is 14.5 Å². The van der Waals surface area contributed by atoms with E-state index in [9.17, 15) is 14.9 Å². The molecule has 2 aromatic rings. The Morgan fingerprint density at radius 2 is 2.09 bits per heavy atom. The minimum Gasteiger partial charge on any atom is -0.438 e. The summed E-state index contributed by atoms with van der Waals surface area (Å²) in [4.78, 5) is 24.9. The molecule has 2 heterocycles. The van der Waals surface area contributed by atoms with Gasteiger partial charge >= 0.3 is 6.09 Å². The third-order valence-corrected chi connectivity index (χ3v) is 3.66. The van der Waals surface area contributed by atoms with Crippen LogP contribution in [-0.2, 0) is 10.3 Å². The minimum absolute atomic E-state index is 0.105. The molecule has 23 heavy (non-hydrogen) atoms. The Balaban J connectivity index is 2.17. The normalized spacial score (nSPS) is 15.1. The van der Waals surface area contributed by atoms with Crippen molar-refractivity contribution in [2.75, 3.05) is 5.32 Å². The maximum absolute atomic E-state index is 11.5. The lowest BCUT2D eigenvalue weighted by atomic mass is 9.92. The lowest BCUT2D eigenvalue weighted by molar-refractivity contribution is -0.384. The summed E-state index contributed by atoms with van der Waals surface area (Å²) < 4.78 is 5.25. The van der Waals surface area contributed by atoms with E-state index in [-0.39, 0.29) is 17.1 Å². The van der Waals surface area contributed by atoms with Gasteiger partial charge in [0.1, 0.15) is 23.1 Å². The van der Waals surface area contributed by atoms with E-state index in [0.717, 1.165) is 0 Å². The van der Waals surface area contributed by atoms with Crippen molar-refractivity contribution in [3.05, 3.63) is 45.6 Å². The maximum Gasteiger partial charge on any atom is 0.412 e. The van der Waals surface area contributed by atoms with Crippen LogP contribution in [0.4, 0.5) is 16.2 Å². The van der Waals surface area contributed by atoms with Crippen LogP contribution < -0.4 is 5.32 Å². The van der Waals surface area contributed by atoms with Gasteiger partial charge in [-0.3, -0.25) is 15.4 Å². The number of carbonyl (C=O) groups is 1. The van der Waals surface area contributed by atoms with Crippen LogP contribution in [0, 0.1) is 21.4 Å². The van der Waals surface area contributed by atoms with E-state index in [1.165, 1.54) is 6.07 Å². The van der Waals surface area contributed by atoms with Crippen LogP contribution in [0.5, 0.6) is 0 Å². The second kappa shape index (κ2) is 4.84. The summed E-state index contributed by atoms with van der Waals surface area (Å²) in [7, 11) is 0. The molecule has 0 atom stereocenters. The van der Waals surface area contributed by atoms with E-state index in [1.54, 1.807) is 32.0 Å². The maximum atomic E-state index is 11.5. The van der Waals surface area contributed by atoms with Crippen LogP contribution in [0.3, 0.4) is 0 Å². The highest BCUT2D eigenvalue weighted by atomic mass is 16.6. The molecule has 2 N–H and O–H groups in total. The zero-order valence-electron chi connectivity index (χ0n) is 12.3. The number of H-pyrrole nitrogens is 1. The Kier molecular flexibility index (Phi) is 3.07. The first-order chi connectivity index (χ1) is 10.8. The van der Waals surface area contributed by atoms with E-state index in [4.69, 9.17) is 10.00 Å². The number of hydrogen-bond donors (Lipinski definition) is 2. The van der Waals surface area contributed by atoms with E-state index in [2.05, 4.69) is 10.3 Å². The lowest BCUT2D eigenvalue weighted by Gasteiger charge is -2.32. The standard InChI is InChI=1S/C15H12N4O4/c1-15(2)10-5-8(3-4-11(10)18-14(20)23-15)13-12(19(21)22)6-9(7-16)17-13/h3-6,17H,1-2H3,(H,18,20). The molecule has 0 aliphatic carbocycles. The number of amides is 1. The van der Waals surface area contributed by atoms with Crippen molar-refractivity contribution in [1.29, 1.82) is 5.26 Å². The second-order valence-electron chi connectivity index (χ2n) is 5.60. The molecule has 1 aromatic carbocycles. The van der Waals surface area contributed by atoms with Crippen LogP contribution in [-0.4, -0.2) is 16.0 Å². The molecule has 8 heteroatoms. The van der Waals surface area contributed by atoms with Crippen LogP contribution in [0.15, 0.2) is 24.3 Å².